The summed E-state index contributed by atoms with van der Waals surface area (Å²) in [6.07, 6.45) is 4.12. The highest BCUT2D eigenvalue weighted by molar-refractivity contribution is 6.09. The van der Waals surface area contributed by atoms with Gasteiger partial charge in [0.15, 0.2) is 5.78 Å². The second-order valence-corrected chi connectivity index (χ2v) is 8.05. The van der Waals surface area contributed by atoms with Crippen molar-refractivity contribution in [3.8, 4) is 5.75 Å². The van der Waals surface area contributed by atoms with Crippen molar-refractivity contribution in [3.05, 3.63) is 77.9 Å². The number of carbonyl (C=O) groups is 2. The van der Waals surface area contributed by atoms with Gasteiger partial charge in [-0.15, -0.1) is 6.58 Å². The number of nitrogens with one attached hydrogen (secondary N) is 2. The van der Waals surface area contributed by atoms with Crippen molar-refractivity contribution >= 4 is 23.3 Å². The summed E-state index contributed by atoms with van der Waals surface area (Å²) >= 11 is 0. The van der Waals surface area contributed by atoms with Gasteiger partial charge in [-0.3, -0.25) is 10.1 Å². The molecule has 0 unspecified atom stereocenters. The third kappa shape index (κ3) is 5.75. The van der Waals surface area contributed by atoms with Gasteiger partial charge in [0.2, 0.25) is 0 Å². The molecule has 0 atom stereocenters. The normalized spacial score (nSPS) is 15.4. The number of hydrogen-bond acceptors (Lipinski definition) is 5. The number of anilines is 1. The van der Waals surface area contributed by atoms with Crippen molar-refractivity contribution in [2.45, 2.75) is 32.2 Å². The van der Waals surface area contributed by atoms with Crippen LogP contribution in [-0.2, 0) is 11.2 Å². The van der Waals surface area contributed by atoms with Gasteiger partial charge in [0.05, 0.1) is 13.7 Å². The highest BCUT2D eigenvalue weighted by Crippen LogP contribution is 2.32. The SMILES string of the molecule is C=CCCOC(=O)Nc1cccc(C(=O)C=C2NC(C)(C)Cc3ccc(OC)cc32)c1. The van der Waals surface area contributed by atoms with Gasteiger partial charge in [-0.1, -0.05) is 24.3 Å². The number of fused-ring (bicyclic) bond motifs is 1. The Labute approximate surface area is 182 Å². The molecular weight excluding hydrogens is 392 g/mol. The highest BCUT2D eigenvalue weighted by atomic mass is 16.5. The smallest absolute Gasteiger partial charge is 0.411 e. The van der Waals surface area contributed by atoms with Crippen molar-refractivity contribution in [2.24, 2.45) is 0 Å². The van der Waals surface area contributed by atoms with Gasteiger partial charge >= 0.3 is 6.09 Å². The van der Waals surface area contributed by atoms with Crippen molar-refractivity contribution < 1.29 is 19.1 Å². The largest absolute Gasteiger partial charge is 0.497 e. The van der Waals surface area contributed by atoms with Crippen LogP contribution in [0.3, 0.4) is 0 Å². The predicted molar refractivity (Wildman–Crippen MR) is 122 cm³/mol. The number of methoxy groups -OCH3 is 1. The number of benzene rings is 2. The first-order valence-corrected chi connectivity index (χ1v) is 10.2. The van der Waals surface area contributed by atoms with Crippen LogP contribution in [0.2, 0.25) is 0 Å². The molecule has 1 aliphatic rings. The molecule has 2 aromatic rings. The van der Waals surface area contributed by atoms with Crippen molar-refractivity contribution in [1.29, 1.82) is 0 Å². The Hall–Kier alpha value is -3.54. The fraction of sp³-hybridized carbons (Fsp3) is 0.280. The molecule has 1 aliphatic heterocycles. The van der Waals surface area contributed by atoms with Crippen LogP contribution >= 0.6 is 0 Å². The summed E-state index contributed by atoms with van der Waals surface area (Å²) in [5.41, 5.74) is 3.62. The topological polar surface area (TPSA) is 76.7 Å². The summed E-state index contributed by atoms with van der Waals surface area (Å²) in [4.78, 5) is 24.9. The van der Waals surface area contributed by atoms with Crippen LogP contribution < -0.4 is 15.4 Å². The van der Waals surface area contributed by atoms with E-state index < -0.39 is 6.09 Å². The lowest BCUT2D eigenvalue weighted by molar-refractivity contribution is 0.104. The van der Waals surface area contributed by atoms with Gasteiger partial charge in [0, 0.05) is 34.1 Å². The van der Waals surface area contributed by atoms with Gasteiger partial charge in [0.1, 0.15) is 5.75 Å². The second kappa shape index (κ2) is 9.51. The lowest BCUT2D eigenvalue weighted by atomic mass is 9.85. The van der Waals surface area contributed by atoms with E-state index in [1.54, 1.807) is 43.5 Å². The van der Waals surface area contributed by atoms with E-state index in [1.165, 1.54) is 0 Å². The summed E-state index contributed by atoms with van der Waals surface area (Å²) in [5, 5.41) is 6.11. The maximum atomic E-state index is 13.0. The second-order valence-electron chi connectivity index (χ2n) is 8.05. The monoisotopic (exact) mass is 420 g/mol. The van der Waals surface area contributed by atoms with Gasteiger partial charge in [-0.25, -0.2) is 4.79 Å². The first-order valence-electron chi connectivity index (χ1n) is 10.2. The Balaban J connectivity index is 1.83. The van der Waals surface area contributed by atoms with E-state index in [9.17, 15) is 9.59 Å². The van der Waals surface area contributed by atoms with Gasteiger partial charge in [-0.2, -0.15) is 0 Å². The van der Waals surface area contributed by atoms with Crippen LogP contribution in [0, 0.1) is 0 Å². The van der Waals surface area contributed by atoms with Crippen molar-refractivity contribution in [1.82, 2.24) is 5.32 Å². The van der Waals surface area contributed by atoms with E-state index in [4.69, 9.17) is 9.47 Å². The molecular formula is C25H28N2O4. The molecule has 0 aromatic heterocycles. The standard InChI is InChI=1S/C25H28N2O4/c1-5-6-12-31-24(29)26-19-9-7-8-17(13-19)23(28)15-22-21-14-20(30-4)11-10-18(21)16-25(2,3)27-22/h5,7-11,13-15,27H,1,6,12,16H2,2-4H3,(H,26,29). The molecule has 1 amide bonds. The van der Waals surface area contributed by atoms with E-state index in [1.807, 2.05) is 18.2 Å². The average Bonchev–Trinajstić information content (AvgIpc) is 2.73. The lowest BCUT2D eigenvalue weighted by Crippen LogP contribution is -2.43. The number of amides is 1. The summed E-state index contributed by atoms with van der Waals surface area (Å²) in [5.74, 6) is 0.567. The molecule has 0 saturated carbocycles. The highest BCUT2D eigenvalue weighted by Gasteiger charge is 2.28. The summed E-state index contributed by atoms with van der Waals surface area (Å²) in [7, 11) is 1.62. The minimum Gasteiger partial charge on any atom is -0.497 e. The number of ketones is 1. The minimum atomic E-state index is -0.568. The summed E-state index contributed by atoms with van der Waals surface area (Å²) < 4.78 is 10.4. The zero-order valence-electron chi connectivity index (χ0n) is 18.2. The first-order chi connectivity index (χ1) is 14.8. The van der Waals surface area contributed by atoms with Crippen LogP contribution in [0.25, 0.3) is 5.70 Å². The summed E-state index contributed by atoms with van der Waals surface area (Å²) in [6, 6.07) is 12.7. The predicted octanol–water partition coefficient (Wildman–Crippen LogP) is 4.97. The first kappa shape index (κ1) is 22.2. The Morgan fingerprint density at radius 2 is 2.03 bits per heavy atom. The van der Waals surface area contributed by atoms with Crippen molar-refractivity contribution in [2.75, 3.05) is 19.0 Å². The minimum absolute atomic E-state index is 0.169. The molecule has 2 N–H and O–H groups in total. The quantitative estimate of drug-likeness (QED) is 0.286. The van der Waals surface area contributed by atoms with Crippen LogP contribution in [0.1, 0.15) is 41.8 Å². The van der Waals surface area contributed by atoms with E-state index >= 15 is 0 Å². The number of allylic oxidation sites excluding steroid dienone is 1. The molecule has 0 aliphatic carbocycles. The number of carbonyl (C=O) groups excluding carboxylic acids is 2. The molecule has 0 bridgehead atoms. The van der Waals surface area contributed by atoms with E-state index in [0.29, 0.717) is 17.7 Å². The molecule has 1 heterocycles. The molecule has 6 heteroatoms. The molecule has 6 nitrogen and oxygen atoms in total. The third-order valence-corrected chi connectivity index (χ3v) is 4.94. The Kier molecular flexibility index (Phi) is 6.80. The zero-order chi connectivity index (χ0) is 22.4. The molecule has 2 aromatic carbocycles. The van der Waals surface area contributed by atoms with Gasteiger partial charge in [-0.05, 0) is 56.5 Å². The Morgan fingerprint density at radius 1 is 1.23 bits per heavy atom. The van der Waals surface area contributed by atoms with E-state index in [0.717, 1.165) is 29.0 Å². The maximum Gasteiger partial charge on any atom is 0.411 e. The molecule has 0 spiro atoms. The number of hydrogen-bond donors (Lipinski definition) is 2. The zero-order valence-corrected chi connectivity index (χ0v) is 18.2. The van der Waals surface area contributed by atoms with E-state index in [2.05, 4.69) is 31.1 Å². The van der Waals surface area contributed by atoms with E-state index in [-0.39, 0.29) is 17.9 Å². The van der Waals surface area contributed by atoms with Crippen LogP contribution in [0.5, 0.6) is 5.75 Å². The molecule has 31 heavy (non-hydrogen) atoms. The number of rotatable bonds is 7. The van der Waals surface area contributed by atoms with Crippen LogP contribution in [-0.4, -0.2) is 31.1 Å². The summed E-state index contributed by atoms with van der Waals surface area (Å²) in [6.45, 7) is 8.04. The fourth-order valence-electron chi connectivity index (χ4n) is 3.51. The van der Waals surface area contributed by atoms with Crippen LogP contribution in [0.4, 0.5) is 10.5 Å². The number of ether oxygens (including phenoxy) is 2. The van der Waals surface area contributed by atoms with Crippen LogP contribution in [0.15, 0.2) is 61.2 Å². The molecule has 162 valence electrons. The molecule has 0 fully saturated rings. The molecule has 3 rings (SSSR count). The third-order valence-electron chi connectivity index (χ3n) is 4.94. The fourth-order valence-corrected chi connectivity index (χ4v) is 3.51. The molecule has 0 saturated heterocycles. The average molecular weight is 421 g/mol. The Morgan fingerprint density at radius 3 is 2.77 bits per heavy atom. The Bertz CT molecular complexity index is 1020. The van der Waals surface area contributed by atoms with Crippen molar-refractivity contribution in [3.63, 3.8) is 0 Å². The molecule has 0 radical (unpaired) electrons. The maximum absolute atomic E-state index is 13.0. The van der Waals surface area contributed by atoms with Gasteiger partial charge < -0.3 is 14.8 Å². The van der Waals surface area contributed by atoms with Gasteiger partial charge in [0.25, 0.3) is 0 Å². The lowest BCUT2D eigenvalue weighted by Gasteiger charge is -2.35.